The van der Waals surface area contributed by atoms with E-state index in [-0.39, 0.29) is 5.69 Å². The van der Waals surface area contributed by atoms with Crippen LogP contribution in [0.15, 0.2) is 18.6 Å². The molecule has 1 N–H and O–H groups in total. The molecule has 7 heteroatoms. The van der Waals surface area contributed by atoms with Gasteiger partial charge in [-0.2, -0.15) is 5.10 Å². The monoisotopic (exact) mass is 193 g/mol. The molecule has 2 aromatic heterocycles. The molecule has 0 aliphatic carbocycles. The number of carboxylic acids is 1. The molecule has 0 bridgehead atoms. The standard InChI is InChI=1S/C7H7N5O2/c1-11-3-5(2-8-11)12-4-6(7(13)14)9-10-12/h2-4H,1H3,(H,13,14). The molecule has 0 spiro atoms. The summed E-state index contributed by atoms with van der Waals surface area (Å²) < 4.78 is 2.95. The lowest BCUT2D eigenvalue weighted by molar-refractivity contribution is 0.0690. The molecule has 14 heavy (non-hydrogen) atoms. The molecule has 0 radical (unpaired) electrons. The topological polar surface area (TPSA) is 85.8 Å². The number of rotatable bonds is 2. The van der Waals surface area contributed by atoms with E-state index in [0.29, 0.717) is 5.69 Å². The highest BCUT2D eigenvalue weighted by atomic mass is 16.4. The fourth-order valence-corrected chi connectivity index (χ4v) is 1.01. The molecule has 0 aliphatic heterocycles. The zero-order valence-electron chi connectivity index (χ0n) is 7.32. The summed E-state index contributed by atoms with van der Waals surface area (Å²) in [5, 5.41) is 19.7. The van der Waals surface area contributed by atoms with Gasteiger partial charge in [0.1, 0.15) is 5.69 Å². The number of aromatic carboxylic acids is 1. The Morgan fingerprint density at radius 3 is 2.79 bits per heavy atom. The van der Waals surface area contributed by atoms with E-state index in [9.17, 15) is 4.79 Å². The quantitative estimate of drug-likeness (QED) is 0.707. The van der Waals surface area contributed by atoms with Crippen molar-refractivity contribution < 1.29 is 9.90 Å². The maximum Gasteiger partial charge on any atom is 0.358 e. The predicted octanol–water partition coefficient (Wildman–Crippen LogP) is -0.301. The van der Waals surface area contributed by atoms with E-state index in [0.717, 1.165) is 0 Å². The first kappa shape index (κ1) is 8.42. The lowest BCUT2D eigenvalue weighted by Gasteiger charge is -1.90. The van der Waals surface area contributed by atoms with Crippen LogP contribution in [0.2, 0.25) is 0 Å². The summed E-state index contributed by atoms with van der Waals surface area (Å²) in [4.78, 5) is 10.5. The number of carboxylic acid groups (broad SMARTS) is 1. The van der Waals surface area contributed by atoms with Gasteiger partial charge < -0.3 is 5.11 Å². The molecule has 0 fully saturated rings. The summed E-state index contributed by atoms with van der Waals surface area (Å²) >= 11 is 0. The van der Waals surface area contributed by atoms with E-state index >= 15 is 0 Å². The van der Waals surface area contributed by atoms with Gasteiger partial charge in [-0.25, -0.2) is 9.48 Å². The van der Waals surface area contributed by atoms with Crippen molar-refractivity contribution in [2.24, 2.45) is 7.05 Å². The van der Waals surface area contributed by atoms with E-state index in [1.165, 1.54) is 10.9 Å². The molecule has 0 saturated carbocycles. The summed E-state index contributed by atoms with van der Waals surface area (Å²) in [6, 6.07) is 0. The Bertz CT molecular complexity index is 472. The largest absolute Gasteiger partial charge is 0.476 e. The van der Waals surface area contributed by atoms with Crippen molar-refractivity contribution in [3.05, 3.63) is 24.3 Å². The van der Waals surface area contributed by atoms with Crippen LogP contribution in [0.25, 0.3) is 5.69 Å². The van der Waals surface area contributed by atoms with E-state index in [1.807, 2.05) is 0 Å². The van der Waals surface area contributed by atoms with Crippen molar-refractivity contribution in [2.45, 2.75) is 0 Å². The van der Waals surface area contributed by atoms with Crippen LogP contribution in [0.1, 0.15) is 10.5 Å². The van der Waals surface area contributed by atoms with Crippen molar-refractivity contribution in [3.8, 4) is 5.69 Å². The summed E-state index contributed by atoms with van der Waals surface area (Å²) in [6.07, 6.45) is 4.61. The van der Waals surface area contributed by atoms with Crippen LogP contribution in [0.5, 0.6) is 0 Å². The maximum absolute atomic E-state index is 10.5. The van der Waals surface area contributed by atoms with Crippen molar-refractivity contribution in [3.63, 3.8) is 0 Å². The van der Waals surface area contributed by atoms with Crippen molar-refractivity contribution >= 4 is 5.97 Å². The summed E-state index contributed by atoms with van der Waals surface area (Å²) in [6.45, 7) is 0. The first-order chi connectivity index (χ1) is 6.66. The van der Waals surface area contributed by atoms with Gasteiger partial charge in [-0.3, -0.25) is 4.68 Å². The number of aryl methyl sites for hydroxylation is 1. The third kappa shape index (κ3) is 1.35. The highest BCUT2D eigenvalue weighted by Crippen LogP contribution is 2.04. The van der Waals surface area contributed by atoms with Gasteiger partial charge in [0.05, 0.1) is 18.6 Å². The normalized spacial score (nSPS) is 10.4. The average molecular weight is 193 g/mol. The Morgan fingerprint density at radius 1 is 1.50 bits per heavy atom. The predicted molar refractivity (Wildman–Crippen MR) is 45.1 cm³/mol. The minimum absolute atomic E-state index is 0.0890. The molecule has 0 aromatic carbocycles. The van der Waals surface area contributed by atoms with Crippen molar-refractivity contribution in [1.82, 2.24) is 24.8 Å². The van der Waals surface area contributed by atoms with E-state index in [1.54, 1.807) is 24.1 Å². The Labute approximate surface area is 78.6 Å². The van der Waals surface area contributed by atoms with Gasteiger partial charge >= 0.3 is 5.97 Å². The molecule has 0 atom stereocenters. The van der Waals surface area contributed by atoms with Crippen LogP contribution in [-0.4, -0.2) is 35.9 Å². The van der Waals surface area contributed by atoms with E-state index in [2.05, 4.69) is 15.4 Å². The highest BCUT2D eigenvalue weighted by molar-refractivity contribution is 5.84. The van der Waals surface area contributed by atoms with Gasteiger partial charge in [-0.15, -0.1) is 5.10 Å². The second kappa shape index (κ2) is 2.95. The first-order valence-electron chi connectivity index (χ1n) is 3.81. The van der Waals surface area contributed by atoms with Crippen molar-refractivity contribution in [1.29, 1.82) is 0 Å². The third-order valence-corrected chi connectivity index (χ3v) is 1.67. The summed E-state index contributed by atoms with van der Waals surface area (Å²) in [7, 11) is 1.76. The van der Waals surface area contributed by atoms with E-state index < -0.39 is 5.97 Å². The summed E-state index contributed by atoms with van der Waals surface area (Å²) in [5.74, 6) is -1.10. The van der Waals surface area contributed by atoms with Gasteiger partial charge in [0.15, 0.2) is 5.69 Å². The van der Waals surface area contributed by atoms with Crippen LogP contribution in [0, 0.1) is 0 Å². The smallest absolute Gasteiger partial charge is 0.358 e. The van der Waals surface area contributed by atoms with Crippen LogP contribution in [0.3, 0.4) is 0 Å². The summed E-state index contributed by atoms with van der Waals surface area (Å²) in [5.41, 5.74) is 0.585. The fraction of sp³-hybridized carbons (Fsp3) is 0.143. The maximum atomic E-state index is 10.5. The van der Waals surface area contributed by atoms with Gasteiger partial charge in [-0.05, 0) is 0 Å². The van der Waals surface area contributed by atoms with Gasteiger partial charge in [0.2, 0.25) is 0 Å². The molecule has 0 aliphatic rings. The molecule has 7 nitrogen and oxygen atoms in total. The minimum atomic E-state index is -1.10. The molecule has 0 unspecified atom stereocenters. The number of carbonyl (C=O) groups is 1. The molecule has 72 valence electrons. The van der Waals surface area contributed by atoms with Crippen LogP contribution < -0.4 is 0 Å². The number of aromatic nitrogens is 5. The molecule has 2 aromatic rings. The molecular weight excluding hydrogens is 186 g/mol. The Balaban J connectivity index is 2.38. The third-order valence-electron chi connectivity index (χ3n) is 1.67. The Kier molecular flexibility index (Phi) is 1.77. The Hall–Kier alpha value is -2.18. The Morgan fingerprint density at radius 2 is 2.29 bits per heavy atom. The zero-order valence-corrected chi connectivity index (χ0v) is 7.32. The lowest BCUT2D eigenvalue weighted by atomic mass is 10.5. The van der Waals surface area contributed by atoms with Crippen molar-refractivity contribution in [2.75, 3.05) is 0 Å². The molecular formula is C7H7N5O2. The number of nitrogens with zero attached hydrogens (tertiary/aromatic N) is 5. The van der Waals surface area contributed by atoms with Gasteiger partial charge in [0, 0.05) is 7.05 Å². The molecule has 0 saturated heterocycles. The highest BCUT2D eigenvalue weighted by Gasteiger charge is 2.09. The van der Waals surface area contributed by atoms with Gasteiger partial charge in [-0.1, -0.05) is 5.21 Å². The molecule has 2 heterocycles. The van der Waals surface area contributed by atoms with Gasteiger partial charge in [0.25, 0.3) is 0 Å². The average Bonchev–Trinajstić information content (AvgIpc) is 2.70. The number of hydrogen-bond acceptors (Lipinski definition) is 4. The number of hydrogen-bond donors (Lipinski definition) is 1. The molecule has 0 amide bonds. The zero-order chi connectivity index (χ0) is 10.1. The fourth-order valence-electron chi connectivity index (χ4n) is 1.01. The first-order valence-corrected chi connectivity index (χ1v) is 3.81. The van der Waals surface area contributed by atoms with E-state index in [4.69, 9.17) is 5.11 Å². The second-order valence-corrected chi connectivity index (χ2v) is 2.73. The van der Waals surface area contributed by atoms with Crippen LogP contribution in [-0.2, 0) is 7.05 Å². The molecule has 2 rings (SSSR count). The SMILES string of the molecule is Cn1cc(-n2cc(C(=O)O)nn2)cn1. The lowest BCUT2D eigenvalue weighted by Crippen LogP contribution is -1.95. The minimum Gasteiger partial charge on any atom is -0.476 e. The van der Waals surface area contributed by atoms with Crippen LogP contribution in [0.4, 0.5) is 0 Å². The second-order valence-electron chi connectivity index (χ2n) is 2.73. The van der Waals surface area contributed by atoms with Crippen LogP contribution >= 0.6 is 0 Å².